The van der Waals surface area contributed by atoms with Crippen molar-refractivity contribution in [1.82, 2.24) is 0 Å². The first-order chi connectivity index (χ1) is 8.08. The first-order valence-corrected chi connectivity index (χ1v) is 6.57. The first kappa shape index (κ1) is 12.6. The smallest absolute Gasteiger partial charge is 0.123 e. The van der Waals surface area contributed by atoms with Crippen LogP contribution >= 0.6 is 22.9 Å². The number of halogens is 2. The van der Waals surface area contributed by atoms with E-state index >= 15 is 0 Å². The molecule has 1 unspecified atom stereocenters. The molecule has 1 aromatic heterocycles. The molecule has 17 heavy (non-hydrogen) atoms. The molecule has 0 aliphatic heterocycles. The summed E-state index contributed by atoms with van der Waals surface area (Å²) in [7, 11) is 0. The average molecular weight is 270 g/mol. The lowest BCUT2D eigenvalue weighted by Gasteiger charge is -2.10. The van der Waals surface area contributed by atoms with E-state index in [4.69, 9.17) is 17.3 Å². The van der Waals surface area contributed by atoms with E-state index in [9.17, 15) is 4.39 Å². The summed E-state index contributed by atoms with van der Waals surface area (Å²) in [6, 6.07) is 6.27. The normalized spacial score (nSPS) is 12.7. The second-order valence-electron chi connectivity index (χ2n) is 4.03. The molecule has 0 radical (unpaired) electrons. The Morgan fingerprint density at radius 1 is 1.35 bits per heavy atom. The third kappa shape index (κ3) is 2.86. The van der Waals surface area contributed by atoms with Crippen LogP contribution in [0.1, 0.15) is 22.0 Å². The third-order valence-electron chi connectivity index (χ3n) is 2.63. The van der Waals surface area contributed by atoms with E-state index in [1.807, 2.05) is 12.3 Å². The van der Waals surface area contributed by atoms with Crippen LogP contribution in [-0.2, 0) is 6.42 Å². The lowest BCUT2D eigenvalue weighted by atomic mass is 10.1. The zero-order valence-electron chi connectivity index (χ0n) is 9.41. The van der Waals surface area contributed by atoms with Crippen LogP contribution in [0.4, 0.5) is 4.39 Å². The van der Waals surface area contributed by atoms with Gasteiger partial charge in [-0.1, -0.05) is 23.7 Å². The number of thiophene rings is 1. The van der Waals surface area contributed by atoms with Gasteiger partial charge in [0.1, 0.15) is 5.82 Å². The van der Waals surface area contributed by atoms with Crippen molar-refractivity contribution in [1.29, 1.82) is 0 Å². The van der Waals surface area contributed by atoms with Crippen LogP contribution in [0.25, 0.3) is 0 Å². The second-order valence-corrected chi connectivity index (χ2v) is 5.32. The van der Waals surface area contributed by atoms with Crippen LogP contribution in [0.2, 0.25) is 5.02 Å². The minimum absolute atomic E-state index is 0.133. The lowest BCUT2D eigenvalue weighted by Crippen LogP contribution is -2.12. The molecule has 1 heterocycles. The molecule has 2 aromatic rings. The molecule has 0 amide bonds. The number of rotatable bonds is 3. The number of hydrogen-bond acceptors (Lipinski definition) is 2. The maximum Gasteiger partial charge on any atom is 0.123 e. The molecule has 1 nitrogen and oxygen atoms in total. The summed E-state index contributed by atoms with van der Waals surface area (Å²) in [5, 5.41) is 2.76. The standard InChI is InChI=1S/C13H13ClFNS/c1-8-7-17-13(12(8)14)11(16)6-9-2-4-10(15)5-3-9/h2-5,7,11H,6,16H2,1H3. The minimum atomic E-state index is -0.229. The molecule has 1 atom stereocenters. The molecule has 0 bridgehead atoms. The summed E-state index contributed by atoms with van der Waals surface area (Å²) in [5.74, 6) is -0.229. The summed E-state index contributed by atoms with van der Waals surface area (Å²) in [4.78, 5) is 0.994. The van der Waals surface area contributed by atoms with Crippen LogP contribution in [-0.4, -0.2) is 0 Å². The molecule has 1 aromatic carbocycles. The van der Waals surface area contributed by atoms with E-state index in [1.54, 1.807) is 23.5 Å². The zero-order valence-corrected chi connectivity index (χ0v) is 11.0. The van der Waals surface area contributed by atoms with Crippen LogP contribution in [0.5, 0.6) is 0 Å². The Labute approximate surface area is 109 Å². The summed E-state index contributed by atoms with van der Waals surface area (Å²) in [5.41, 5.74) is 8.18. The van der Waals surface area contributed by atoms with Crippen molar-refractivity contribution in [3.63, 3.8) is 0 Å². The summed E-state index contributed by atoms with van der Waals surface area (Å²) < 4.78 is 12.8. The number of aryl methyl sites for hydroxylation is 1. The Bertz CT molecular complexity index is 507. The van der Waals surface area contributed by atoms with Gasteiger partial charge >= 0.3 is 0 Å². The Morgan fingerprint density at radius 3 is 2.53 bits per heavy atom. The van der Waals surface area contributed by atoms with Gasteiger partial charge in [-0.2, -0.15) is 0 Å². The molecular formula is C13H13ClFNS. The van der Waals surface area contributed by atoms with Gasteiger partial charge in [-0.05, 0) is 42.0 Å². The van der Waals surface area contributed by atoms with Gasteiger partial charge in [-0.25, -0.2) is 4.39 Å². The fourth-order valence-corrected chi connectivity index (χ4v) is 3.00. The first-order valence-electron chi connectivity index (χ1n) is 5.31. The number of hydrogen-bond donors (Lipinski definition) is 1. The van der Waals surface area contributed by atoms with Crippen molar-refractivity contribution in [3.8, 4) is 0 Å². The summed E-state index contributed by atoms with van der Waals surface area (Å²) in [6.07, 6.45) is 0.667. The minimum Gasteiger partial charge on any atom is -0.323 e. The Kier molecular flexibility index (Phi) is 3.82. The van der Waals surface area contributed by atoms with Crippen molar-refractivity contribution >= 4 is 22.9 Å². The van der Waals surface area contributed by atoms with Gasteiger partial charge in [0.05, 0.1) is 5.02 Å². The molecule has 0 aliphatic rings. The zero-order chi connectivity index (χ0) is 12.4. The van der Waals surface area contributed by atoms with Crippen molar-refractivity contribution in [3.05, 3.63) is 56.5 Å². The molecule has 0 saturated heterocycles. The highest BCUT2D eigenvalue weighted by atomic mass is 35.5. The highest BCUT2D eigenvalue weighted by Crippen LogP contribution is 2.32. The molecule has 0 spiro atoms. The molecule has 0 saturated carbocycles. The molecule has 0 fully saturated rings. The van der Waals surface area contributed by atoms with E-state index in [-0.39, 0.29) is 11.9 Å². The second kappa shape index (κ2) is 5.17. The van der Waals surface area contributed by atoms with E-state index in [2.05, 4.69) is 0 Å². The Hall–Kier alpha value is -0.900. The molecule has 90 valence electrons. The maximum absolute atomic E-state index is 12.8. The Balaban J connectivity index is 2.14. The quantitative estimate of drug-likeness (QED) is 0.892. The number of benzene rings is 1. The predicted octanol–water partition coefficient (Wildman–Crippen LogP) is 4.09. The fraction of sp³-hybridized carbons (Fsp3) is 0.231. The fourth-order valence-electron chi connectivity index (χ4n) is 1.67. The van der Waals surface area contributed by atoms with Gasteiger partial charge in [0.2, 0.25) is 0 Å². The highest BCUT2D eigenvalue weighted by molar-refractivity contribution is 7.10. The van der Waals surface area contributed by atoms with Gasteiger partial charge in [0.25, 0.3) is 0 Å². The van der Waals surface area contributed by atoms with E-state index in [0.717, 1.165) is 21.0 Å². The SMILES string of the molecule is Cc1csc(C(N)Cc2ccc(F)cc2)c1Cl. The number of nitrogens with two attached hydrogens (primary N) is 1. The van der Waals surface area contributed by atoms with Crippen LogP contribution in [0.3, 0.4) is 0 Å². The van der Waals surface area contributed by atoms with Crippen molar-refractivity contribution in [2.75, 3.05) is 0 Å². The van der Waals surface area contributed by atoms with Crippen molar-refractivity contribution in [2.45, 2.75) is 19.4 Å². The Morgan fingerprint density at radius 2 is 2.00 bits per heavy atom. The molecule has 2 N–H and O–H groups in total. The van der Waals surface area contributed by atoms with Crippen LogP contribution < -0.4 is 5.73 Å². The van der Waals surface area contributed by atoms with Gasteiger partial charge in [0.15, 0.2) is 0 Å². The van der Waals surface area contributed by atoms with Gasteiger partial charge in [0, 0.05) is 10.9 Å². The summed E-state index contributed by atoms with van der Waals surface area (Å²) >= 11 is 7.74. The molecule has 0 aliphatic carbocycles. The van der Waals surface area contributed by atoms with Crippen LogP contribution in [0, 0.1) is 12.7 Å². The van der Waals surface area contributed by atoms with E-state index < -0.39 is 0 Å². The lowest BCUT2D eigenvalue weighted by molar-refractivity contribution is 0.626. The van der Waals surface area contributed by atoms with Crippen LogP contribution in [0.15, 0.2) is 29.6 Å². The molecule has 4 heteroatoms. The monoisotopic (exact) mass is 269 g/mol. The molecule has 2 rings (SSSR count). The van der Waals surface area contributed by atoms with Crippen molar-refractivity contribution < 1.29 is 4.39 Å². The third-order valence-corrected chi connectivity index (χ3v) is 4.48. The highest BCUT2D eigenvalue weighted by Gasteiger charge is 2.14. The van der Waals surface area contributed by atoms with Gasteiger partial charge in [-0.15, -0.1) is 11.3 Å². The average Bonchev–Trinajstić information content (AvgIpc) is 2.63. The van der Waals surface area contributed by atoms with E-state index in [0.29, 0.717) is 6.42 Å². The maximum atomic E-state index is 12.8. The topological polar surface area (TPSA) is 26.0 Å². The van der Waals surface area contributed by atoms with Gasteiger partial charge < -0.3 is 5.73 Å². The largest absolute Gasteiger partial charge is 0.323 e. The molecular weight excluding hydrogens is 257 g/mol. The van der Waals surface area contributed by atoms with Crippen molar-refractivity contribution in [2.24, 2.45) is 5.73 Å². The van der Waals surface area contributed by atoms with Gasteiger partial charge in [-0.3, -0.25) is 0 Å². The van der Waals surface area contributed by atoms with E-state index in [1.165, 1.54) is 12.1 Å². The summed E-state index contributed by atoms with van der Waals surface area (Å²) in [6.45, 7) is 1.97. The predicted molar refractivity (Wildman–Crippen MR) is 71.1 cm³/mol.